The highest BCUT2D eigenvalue weighted by Gasteiger charge is 2.31. The number of carbonyl (C=O) groups is 1. The average Bonchev–Trinajstić information content (AvgIpc) is 2.94. The molecule has 0 unspecified atom stereocenters. The number of rotatable bonds is 10. The molecular formula is C27H24N4O6S2. The van der Waals surface area contributed by atoms with Crippen molar-refractivity contribution in [3.63, 3.8) is 0 Å². The number of nitrogens with zero attached hydrogens (tertiary/aromatic N) is 4. The van der Waals surface area contributed by atoms with Crippen LogP contribution in [0.1, 0.15) is 18.1 Å². The maximum absolute atomic E-state index is 13.6. The summed E-state index contributed by atoms with van der Waals surface area (Å²) < 4.78 is 61.3. The largest absolute Gasteiger partial charge is 0.445 e. The molecule has 0 aliphatic heterocycles. The van der Waals surface area contributed by atoms with E-state index >= 15 is 0 Å². The molecule has 0 amide bonds. The Balaban J connectivity index is 1.89. The van der Waals surface area contributed by atoms with Crippen molar-refractivity contribution in [3.8, 4) is 6.07 Å². The first-order chi connectivity index (χ1) is 18.6. The van der Waals surface area contributed by atoms with Gasteiger partial charge in [0.2, 0.25) is 0 Å². The molecule has 39 heavy (non-hydrogen) atoms. The van der Waals surface area contributed by atoms with Gasteiger partial charge >= 0.3 is 0 Å². The van der Waals surface area contributed by atoms with Crippen LogP contribution >= 0.6 is 0 Å². The highest BCUT2D eigenvalue weighted by atomic mass is 32.2. The fourth-order valence-electron chi connectivity index (χ4n) is 4.04. The van der Waals surface area contributed by atoms with Gasteiger partial charge in [-0.3, -0.25) is 9.10 Å². The molecule has 4 aromatic rings. The predicted molar refractivity (Wildman–Crippen MR) is 146 cm³/mol. The number of carbonyl (C=O) groups excluding carboxylic acids is 1. The van der Waals surface area contributed by atoms with Crippen LogP contribution in [0.3, 0.4) is 0 Å². The van der Waals surface area contributed by atoms with Crippen LogP contribution in [-0.4, -0.2) is 41.6 Å². The predicted octanol–water partition coefficient (Wildman–Crippen LogP) is 3.96. The molecule has 1 heterocycles. The monoisotopic (exact) mass is 564 g/mol. The summed E-state index contributed by atoms with van der Waals surface area (Å²) in [6, 6.07) is 20.3. The zero-order valence-corrected chi connectivity index (χ0v) is 22.7. The van der Waals surface area contributed by atoms with Gasteiger partial charge in [-0.1, -0.05) is 42.0 Å². The van der Waals surface area contributed by atoms with E-state index in [2.05, 4.69) is 4.98 Å². The molecule has 12 heteroatoms. The van der Waals surface area contributed by atoms with E-state index in [0.717, 1.165) is 9.87 Å². The molecule has 0 aliphatic rings. The minimum Gasteiger partial charge on any atom is -0.445 e. The van der Waals surface area contributed by atoms with Gasteiger partial charge in [0.1, 0.15) is 0 Å². The van der Waals surface area contributed by atoms with Crippen molar-refractivity contribution in [2.24, 2.45) is 0 Å². The number of aryl methyl sites for hydroxylation is 1. The molecule has 0 radical (unpaired) electrons. The molecule has 1 aromatic heterocycles. The van der Waals surface area contributed by atoms with Crippen molar-refractivity contribution < 1.29 is 26.4 Å². The van der Waals surface area contributed by atoms with Gasteiger partial charge in [-0.25, -0.2) is 26.1 Å². The summed E-state index contributed by atoms with van der Waals surface area (Å²) in [5, 5.41) is 9.80. The summed E-state index contributed by atoms with van der Waals surface area (Å²) in [5.41, 5.74) is 1.44. The van der Waals surface area contributed by atoms with E-state index < -0.39 is 26.8 Å². The first-order valence-corrected chi connectivity index (χ1v) is 14.6. The van der Waals surface area contributed by atoms with Gasteiger partial charge in [0.05, 0.1) is 33.3 Å². The topological polar surface area (TPSA) is 138 Å². The first-order valence-electron chi connectivity index (χ1n) is 11.7. The molecule has 0 atom stereocenters. The lowest BCUT2D eigenvalue weighted by Gasteiger charge is -2.27. The maximum Gasteiger partial charge on any atom is 0.294 e. The first kappa shape index (κ1) is 27.6. The van der Waals surface area contributed by atoms with Crippen molar-refractivity contribution in [1.82, 2.24) is 4.98 Å². The second-order valence-electron chi connectivity index (χ2n) is 8.38. The number of fused-ring (bicyclic) bond motifs is 1. The third kappa shape index (κ3) is 5.27. The Morgan fingerprint density at radius 1 is 0.872 bits per heavy atom. The summed E-state index contributed by atoms with van der Waals surface area (Å²) in [6.07, 6.45) is 1.29. The lowest BCUT2D eigenvalue weighted by atomic mass is 10.1. The number of aromatic nitrogens is 1. The number of hydrogen-bond acceptors (Lipinski definition) is 8. The van der Waals surface area contributed by atoms with Gasteiger partial charge in [-0.15, -0.1) is 0 Å². The number of sulfonamides is 2. The van der Waals surface area contributed by atoms with E-state index in [4.69, 9.17) is 10.00 Å². The van der Waals surface area contributed by atoms with Crippen molar-refractivity contribution in [3.05, 3.63) is 90.1 Å². The normalized spacial score (nSPS) is 11.5. The van der Waals surface area contributed by atoms with E-state index in [0.29, 0.717) is 10.8 Å². The molecule has 0 saturated carbocycles. The average molecular weight is 565 g/mol. The van der Waals surface area contributed by atoms with Crippen LogP contribution in [0.15, 0.2) is 88.8 Å². The SMILES string of the molecule is CCN(c1cnc(N(COC=O)S(=O)(=O)c2ccc(C#N)cc2)c2ccccc12)S(=O)(=O)c1ccc(C)cc1. The highest BCUT2D eigenvalue weighted by Crippen LogP contribution is 2.36. The van der Waals surface area contributed by atoms with Crippen LogP contribution < -0.4 is 8.61 Å². The van der Waals surface area contributed by atoms with E-state index in [9.17, 15) is 21.6 Å². The van der Waals surface area contributed by atoms with Crippen LogP contribution in [0.4, 0.5) is 11.5 Å². The van der Waals surface area contributed by atoms with Crippen LogP contribution in [0.25, 0.3) is 10.8 Å². The van der Waals surface area contributed by atoms with Crippen LogP contribution in [-0.2, 0) is 29.6 Å². The number of ether oxygens (including phenoxy) is 1. The molecule has 0 aliphatic carbocycles. The Hall–Kier alpha value is -4.47. The second kappa shape index (κ2) is 11.1. The Labute approximate surface area is 226 Å². The van der Waals surface area contributed by atoms with Gasteiger partial charge in [0.15, 0.2) is 12.5 Å². The van der Waals surface area contributed by atoms with Crippen molar-refractivity contribution in [2.45, 2.75) is 23.6 Å². The smallest absolute Gasteiger partial charge is 0.294 e. The van der Waals surface area contributed by atoms with Gasteiger partial charge in [-0.2, -0.15) is 5.26 Å². The zero-order valence-electron chi connectivity index (χ0n) is 21.1. The molecule has 4 rings (SSSR count). The minimum atomic E-state index is -4.31. The minimum absolute atomic E-state index is 0.0654. The molecule has 0 N–H and O–H groups in total. The Morgan fingerprint density at radius 2 is 1.44 bits per heavy atom. The zero-order chi connectivity index (χ0) is 28.2. The molecule has 0 spiro atoms. The molecule has 200 valence electrons. The van der Waals surface area contributed by atoms with Crippen LogP contribution in [0.5, 0.6) is 0 Å². The quantitative estimate of drug-likeness (QED) is 0.208. The van der Waals surface area contributed by atoms with E-state index in [1.165, 1.54) is 46.9 Å². The van der Waals surface area contributed by atoms with E-state index in [1.54, 1.807) is 43.3 Å². The Kier molecular flexibility index (Phi) is 7.85. The maximum atomic E-state index is 13.6. The van der Waals surface area contributed by atoms with Crippen molar-refractivity contribution in [1.29, 1.82) is 5.26 Å². The Morgan fingerprint density at radius 3 is 2.00 bits per heavy atom. The van der Waals surface area contributed by atoms with Gasteiger partial charge in [0, 0.05) is 17.3 Å². The highest BCUT2D eigenvalue weighted by molar-refractivity contribution is 7.93. The molecule has 3 aromatic carbocycles. The van der Waals surface area contributed by atoms with Crippen LogP contribution in [0.2, 0.25) is 0 Å². The summed E-state index contributed by atoms with van der Waals surface area (Å²) in [4.78, 5) is 15.3. The lowest BCUT2D eigenvalue weighted by molar-refractivity contribution is -0.128. The third-order valence-corrected chi connectivity index (χ3v) is 9.61. The Bertz CT molecular complexity index is 1770. The number of hydrogen-bond donors (Lipinski definition) is 0. The van der Waals surface area contributed by atoms with Crippen LogP contribution in [0, 0.1) is 18.3 Å². The van der Waals surface area contributed by atoms with E-state index in [1.807, 2.05) is 13.0 Å². The van der Waals surface area contributed by atoms with Crippen molar-refractivity contribution in [2.75, 3.05) is 21.9 Å². The summed E-state index contributed by atoms with van der Waals surface area (Å²) in [7, 11) is -8.28. The number of nitriles is 1. The molecule has 0 fully saturated rings. The molecule has 0 saturated heterocycles. The number of benzene rings is 3. The summed E-state index contributed by atoms with van der Waals surface area (Å²) >= 11 is 0. The molecular weight excluding hydrogens is 540 g/mol. The molecule has 10 nitrogen and oxygen atoms in total. The standard InChI is InChI=1S/C27H24N4O6S2/c1-3-30(38(33,34)22-12-8-20(2)9-13-22)26-17-29-27(25-7-5-4-6-24(25)26)31(18-37-19-32)39(35,36)23-14-10-21(16-28)11-15-23/h4-15,17,19H,3,18H2,1-2H3. The third-order valence-electron chi connectivity index (χ3n) is 5.99. The lowest BCUT2D eigenvalue weighted by Crippen LogP contribution is -2.35. The second-order valence-corrected chi connectivity index (χ2v) is 12.1. The van der Waals surface area contributed by atoms with Gasteiger partial charge in [0.25, 0.3) is 26.5 Å². The van der Waals surface area contributed by atoms with Gasteiger partial charge in [-0.05, 0) is 50.2 Å². The van der Waals surface area contributed by atoms with Gasteiger partial charge < -0.3 is 4.74 Å². The number of anilines is 2. The molecule has 0 bridgehead atoms. The summed E-state index contributed by atoms with van der Waals surface area (Å²) in [5.74, 6) is -0.0654. The number of pyridine rings is 1. The summed E-state index contributed by atoms with van der Waals surface area (Å²) in [6.45, 7) is 3.07. The van der Waals surface area contributed by atoms with Crippen molar-refractivity contribution >= 4 is 48.8 Å². The fraction of sp³-hybridized carbons (Fsp3) is 0.148. The fourth-order valence-corrected chi connectivity index (χ4v) is 6.82. The van der Waals surface area contributed by atoms with E-state index in [-0.39, 0.29) is 39.9 Å².